The Hall–Kier alpha value is -0.890. The van der Waals surface area contributed by atoms with Crippen molar-refractivity contribution < 1.29 is 47.9 Å². The molecule has 2 aromatic rings. The monoisotopic (exact) mass is 457 g/mol. The molecule has 5 nitrogen and oxygen atoms in total. The standard InChI is InChI=1S/C22H26ClNO4S.Na/c23-19-8-10-20(11-9-19)29(27,28)24-16-22(12-2-1-3-13-22)15-18-6-4-17(5-7-18)14-21(25)26;/h4-11,24H,1-3,12-16H2,(H,25,26);/q;+1/p-1. The van der Waals surface area contributed by atoms with Crippen molar-refractivity contribution in [2.75, 3.05) is 6.54 Å². The number of hydrogen-bond acceptors (Lipinski definition) is 4. The van der Waals surface area contributed by atoms with E-state index in [4.69, 9.17) is 11.6 Å². The van der Waals surface area contributed by atoms with E-state index in [2.05, 4.69) is 4.72 Å². The number of nitrogens with one attached hydrogen (secondary N) is 1. The fourth-order valence-corrected chi connectivity index (χ4v) is 5.32. The molecule has 0 saturated heterocycles. The van der Waals surface area contributed by atoms with Crippen molar-refractivity contribution in [1.29, 1.82) is 0 Å². The summed E-state index contributed by atoms with van der Waals surface area (Å²) in [4.78, 5) is 11.0. The fraction of sp³-hybridized carbons (Fsp3) is 0.409. The van der Waals surface area contributed by atoms with Crippen LogP contribution < -0.4 is 39.4 Å². The molecule has 0 spiro atoms. The SMILES string of the molecule is O=C([O-])Cc1ccc(CC2(CNS(=O)(=O)c3ccc(Cl)cc3)CCCCC2)cc1.[Na+]. The molecule has 0 radical (unpaired) electrons. The summed E-state index contributed by atoms with van der Waals surface area (Å²) in [7, 11) is -3.61. The summed E-state index contributed by atoms with van der Waals surface area (Å²) in [5.41, 5.74) is 1.64. The van der Waals surface area contributed by atoms with Crippen LogP contribution in [0.1, 0.15) is 43.2 Å². The maximum Gasteiger partial charge on any atom is 1.00 e. The average molecular weight is 458 g/mol. The normalized spacial score (nSPS) is 15.9. The topological polar surface area (TPSA) is 86.3 Å². The number of benzene rings is 2. The molecule has 0 aliphatic heterocycles. The van der Waals surface area contributed by atoms with Crippen molar-refractivity contribution in [2.24, 2.45) is 5.41 Å². The van der Waals surface area contributed by atoms with Crippen LogP contribution in [0.2, 0.25) is 5.02 Å². The molecule has 30 heavy (non-hydrogen) atoms. The number of sulfonamides is 1. The predicted octanol–water partition coefficient (Wildman–Crippen LogP) is 0.108. The Morgan fingerprint density at radius 1 is 0.967 bits per heavy atom. The van der Waals surface area contributed by atoms with Gasteiger partial charge in [0.05, 0.1) is 4.90 Å². The van der Waals surface area contributed by atoms with Gasteiger partial charge in [0.25, 0.3) is 0 Å². The minimum absolute atomic E-state index is 0. The van der Waals surface area contributed by atoms with E-state index < -0.39 is 16.0 Å². The van der Waals surface area contributed by atoms with Gasteiger partial charge < -0.3 is 9.90 Å². The fourth-order valence-electron chi connectivity index (χ4n) is 4.04. The summed E-state index contributed by atoms with van der Waals surface area (Å²) in [6, 6.07) is 13.6. The second-order valence-corrected chi connectivity index (χ2v) is 10.1. The van der Waals surface area contributed by atoms with Gasteiger partial charge in [0.15, 0.2) is 0 Å². The van der Waals surface area contributed by atoms with E-state index in [1.165, 1.54) is 12.1 Å². The predicted molar refractivity (Wildman–Crippen MR) is 111 cm³/mol. The molecule has 1 aliphatic rings. The van der Waals surface area contributed by atoms with E-state index in [1.54, 1.807) is 24.3 Å². The number of carbonyl (C=O) groups excluding carboxylic acids is 1. The molecule has 3 rings (SSSR count). The third-order valence-corrected chi connectivity index (χ3v) is 7.30. The molecular formula is C22H25ClNNaO4S. The smallest absolute Gasteiger partial charge is 0.550 e. The Morgan fingerprint density at radius 2 is 1.53 bits per heavy atom. The van der Waals surface area contributed by atoms with Gasteiger partial charge >= 0.3 is 29.6 Å². The molecule has 0 aromatic heterocycles. The third-order valence-electron chi connectivity index (χ3n) is 5.63. The second-order valence-electron chi connectivity index (χ2n) is 7.88. The van der Waals surface area contributed by atoms with E-state index in [0.717, 1.165) is 44.1 Å². The van der Waals surface area contributed by atoms with E-state index in [9.17, 15) is 18.3 Å². The Bertz CT molecular complexity index is 940. The first kappa shape index (κ1) is 25.4. The number of hydrogen-bond donors (Lipinski definition) is 1. The maximum absolute atomic E-state index is 12.7. The van der Waals surface area contributed by atoms with Crippen LogP contribution in [0.5, 0.6) is 0 Å². The molecule has 0 amide bonds. The first-order valence-electron chi connectivity index (χ1n) is 9.81. The van der Waals surface area contributed by atoms with Gasteiger partial charge in [-0.3, -0.25) is 0 Å². The van der Waals surface area contributed by atoms with Crippen LogP contribution in [-0.2, 0) is 27.7 Å². The zero-order valence-corrected chi connectivity index (χ0v) is 20.8. The number of aliphatic carboxylic acids is 1. The molecule has 8 heteroatoms. The van der Waals surface area contributed by atoms with Crippen molar-refractivity contribution in [1.82, 2.24) is 4.72 Å². The molecule has 1 N–H and O–H groups in total. The molecule has 1 saturated carbocycles. The summed E-state index contributed by atoms with van der Waals surface area (Å²) >= 11 is 5.86. The van der Waals surface area contributed by atoms with Crippen molar-refractivity contribution >= 4 is 27.6 Å². The van der Waals surface area contributed by atoms with E-state index in [1.807, 2.05) is 12.1 Å². The minimum atomic E-state index is -3.61. The molecule has 1 aliphatic carbocycles. The second kappa shape index (κ2) is 11.1. The Balaban J connectivity index is 0.00000320. The van der Waals surface area contributed by atoms with Crippen molar-refractivity contribution in [3.63, 3.8) is 0 Å². The average Bonchev–Trinajstić information content (AvgIpc) is 2.69. The Labute approximate surface area is 205 Å². The molecule has 1 fully saturated rings. The summed E-state index contributed by atoms with van der Waals surface area (Å²) < 4.78 is 28.2. The van der Waals surface area contributed by atoms with Gasteiger partial charge in [0, 0.05) is 24.0 Å². The zero-order chi connectivity index (χ0) is 20.9. The van der Waals surface area contributed by atoms with Crippen LogP contribution in [0, 0.1) is 5.41 Å². The molecule has 156 valence electrons. The van der Waals surface area contributed by atoms with Gasteiger partial charge in [-0.2, -0.15) is 0 Å². The largest absolute Gasteiger partial charge is 1.00 e. The third kappa shape index (κ3) is 7.08. The minimum Gasteiger partial charge on any atom is -0.550 e. The Kier molecular flexibility index (Phi) is 9.40. The number of carboxylic acid groups (broad SMARTS) is 1. The summed E-state index contributed by atoms with van der Waals surface area (Å²) in [6.45, 7) is 0.374. The van der Waals surface area contributed by atoms with Crippen molar-refractivity contribution in [3.8, 4) is 0 Å². The maximum atomic E-state index is 12.7. The number of halogens is 1. The van der Waals surface area contributed by atoms with Crippen molar-refractivity contribution in [3.05, 3.63) is 64.7 Å². The first-order chi connectivity index (χ1) is 13.8. The van der Waals surface area contributed by atoms with Crippen LogP contribution in [0.4, 0.5) is 0 Å². The molecule has 0 atom stereocenters. The first-order valence-corrected chi connectivity index (χ1v) is 11.7. The van der Waals surface area contributed by atoms with Crippen LogP contribution >= 0.6 is 11.6 Å². The van der Waals surface area contributed by atoms with E-state index >= 15 is 0 Å². The number of carbonyl (C=O) groups is 1. The van der Waals surface area contributed by atoms with Crippen LogP contribution in [-0.4, -0.2) is 20.9 Å². The van der Waals surface area contributed by atoms with E-state index in [0.29, 0.717) is 17.1 Å². The summed E-state index contributed by atoms with van der Waals surface area (Å²) in [6.07, 6.45) is 5.87. The Morgan fingerprint density at radius 3 is 2.10 bits per heavy atom. The van der Waals surface area contributed by atoms with Gasteiger partial charge in [0.2, 0.25) is 10.0 Å². The molecule has 2 aromatic carbocycles. The van der Waals surface area contributed by atoms with Gasteiger partial charge in [-0.05, 0) is 60.1 Å². The van der Waals surface area contributed by atoms with E-state index in [-0.39, 0.29) is 46.3 Å². The van der Waals surface area contributed by atoms with Crippen LogP contribution in [0.3, 0.4) is 0 Å². The molecule has 0 bridgehead atoms. The van der Waals surface area contributed by atoms with Crippen LogP contribution in [0.25, 0.3) is 0 Å². The number of carboxylic acids is 1. The van der Waals surface area contributed by atoms with Crippen LogP contribution in [0.15, 0.2) is 53.4 Å². The van der Waals surface area contributed by atoms with Gasteiger partial charge in [0.1, 0.15) is 0 Å². The molecular weight excluding hydrogens is 433 g/mol. The van der Waals surface area contributed by atoms with Gasteiger partial charge in [-0.25, -0.2) is 13.1 Å². The summed E-state index contributed by atoms with van der Waals surface area (Å²) in [5.74, 6) is -1.10. The number of rotatable bonds is 8. The van der Waals surface area contributed by atoms with Crippen molar-refractivity contribution in [2.45, 2.75) is 49.8 Å². The quantitative estimate of drug-likeness (QED) is 0.570. The molecule has 0 unspecified atom stereocenters. The zero-order valence-electron chi connectivity index (χ0n) is 17.2. The molecule has 0 heterocycles. The summed E-state index contributed by atoms with van der Waals surface area (Å²) in [5, 5.41) is 11.2. The van der Waals surface area contributed by atoms with Gasteiger partial charge in [-0.1, -0.05) is 55.1 Å². The van der Waals surface area contributed by atoms with Gasteiger partial charge in [-0.15, -0.1) is 0 Å².